The molecule has 1 heterocycles. The largest absolute Gasteiger partial charge is 0.350 e. The second-order valence-electron chi connectivity index (χ2n) is 4.13. The second-order valence-corrected chi connectivity index (χ2v) is 4.95. The summed E-state index contributed by atoms with van der Waals surface area (Å²) < 4.78 is 14.1. The first-order valence-electron chi connectivity index (χ1n) is 5.72. The highest BCUT2D eigenvalue weighted by Gasteiger charge is 2.08. The summed E-state index contributed by atoms with van der Waals surface area (Å²) in [5.74, 6) is -0.552. The Bertz CT molecular complexity index is 631. The number of amides is 1. The topological polar surface area (TPSA) is 51.1 Å². The van der Waals surface area contributed by atoms with E-state index in [4.69, 9.17) is 0 Å². The molecule has 1 N–H and O–H groups in total. The highest BCUT2D eigenvalue weighted by molar-refractivity contribution is 7.07. The third-order valence-corrected chi connectivity index (χ3v) is 3.56. The quantitative estimate of drug-likeness (QED) is 0.926. The van der Waals surface area contributed by atoms with E-state index >= 15 is 0 Å². The predicted octanol–water partition coefficient (Wildman–Crippen LogP) is 1.67. The molecule has 19 heavy (non-hydrogen) atoms. The standard InChI is InChI=1S/C13H13FN2O2S/c1-9-8-19-13(18)16(9)7-12(17)15-6-10-2-4-11(14)5-3-10/h2-5,8H,6-7H2,1H3,(H,15,17). The van der Waals surface area contributed by atoms with Crippen molar-refractivity contribution >= 4 is 17.2 Å². The molecule has 0 fully saturated rings. The van der Waals surface area contributed by atoms with Gasteiger partial charge in [-0.1, -0.05) is 23.5 Å². The normalized spacial score (nSPS) is 10.4. The van der Waals surface area contributed by atoms with Crippen molar-refractivity contribution in [3.63, 3.8) is 0 Å². The average molecular weight is 280 g/mol. The van der Waals surface area contributed by atoms with Crippen LogP contribution in [0, 0.1) is 12.7 Å². The molecule has 4 nitrogen and oxygen atoms in total. The Kier molecular flexibility index (Phi) is 4.11. The minimum absolute atomic E-state index is 0.00929. The van der Waals surface area contributed by atoms with Crippen molar-refractivity contribution in [1.82, 2.24) is 9.88 Å². The van der Waals surface area contributed by atoms with Crippen LogP contribution in [0.15, 0.2) is 34.4 Å². The maximum absolute atomic E-state index is 12.7. The zero-order chi connectivity index (χ0) is 13.8. The summed E-state index contributed by atoms with van der Waals surface area (Å²) in [7, 11) is 0. The van der Waals surface area contributed by atoms with Gasteiger partial charge in [0.2, 0.25) is 5.91 Å². The van der Waals surface area contributed by atoms with Crippen molar-refractivity contribution in [2.45, 2.75) is 20.0 Å². The van der Waals surface area contributed by atoms with Crippen molar-refractivity contribution in [3.8, 4) is 0 Å². The van der Waals surface area contributed by atoms with Gasteiger partial charge in [0.1, 0.15) is 12.4 Å². The van der Waals surface area contributed by atoms with Crippen LogP contribution in [-0.4, -0.2) is 10.5 Å². The van der Waals surface area contributed by atoms with Crippen LogP contribution in [-0.2, 0) is 17.9 Å². The van der Waals surface area contributed by atoms with Gasteiger partial charge in [-0.25, -0.2) is 4.39 Å². The molecule has 0 aliphatic carbocycles. The first-order valence-corrected chi connectivity index (χ1v) is 6.60. The number of thiazole rings is 1. The fourth-order valence-electron chi connectivity index (χ4n) is 1.60. The summed E-state index contributed by atoms with van der Waals surface area (Å²) in [5, 5.41) is 4.41. The number of nitrogens with zero attached hydrogens (tertiary/aromatic N) is 1. The van der Waals surface area contributed by atoms with Crippen LogP contribution in [0.4, 0.5) is 4.39 Å². The van der Waals surface area contributed by atoms with Crippen molar-refractivity contribution in [2.24, 2.45) is 0 Å². The lowest BCUT2D eigenvalue weighted by molar-refractivity contribution is -0.121. The molecule has 0 aliphatic heterocycles. The van der Waals surface area contributed by atoms with Crippen molar-refractivity contribution < 1.29 is 9.18 Å². The van der Waals surface area contributed by atoms with E-state index in [1.165, 1.54) is 16.7 Å². The smallest absolute Gasteiger partial charge is 0.307 e. The summed E-state index contributed by atoms with van der Waals surface area (Å²) in [4.78, 5) is 23.0. The molecule has 1 aromatic heterocycles. The lowest BCUT2D eigenvalue weighted by atomic mass is 10.2. The van der Waals surface area contributed by atoms with Crippen LogP contribution in [0.2, 0.25) is 0 Å². The minimum Gasteiger partial charge on any atom is -0.350 e. The van der Waals surface area contributed by atoms with E-state index in [9.17, 15) is 14.0 Å². The first kappa shape index (κ1) is 13.5. The fraction of sp³-hybridized carbons (Fsp3) is 0.231. The van der Waals surface area contributed by atoms with E-state index in [-0.39, 0.29) is 23.1 Å². The average Bonchev–Trinajstić information content (AvgIpc) is 2.70. The molecule has 0 saturated carbocycles. The lowest BCUT2D eigenvalue weighted by Gasteiger charge is -2.07. The number of carbonyl (C=O) groups is 1. The van der Waals surface area contributed by atoms with Gasteiger partial charge in [0, 0.05) is 17.6 Å². The number of nitrogens with one attached hydrogen (secondary N) is 1. The van der Waals surface area contributed by atoms with E-state index in [2.05, 4.69) is 5.32 Å². The molecule has 0 radical (unpaired) electrons. The van der Waals surface area contributed by atoms with Crippen molar-refractivity contribution in [3.05, 3.63) is 56.4 Å². The van der Waals surface area contributed by atoms with Gasteiger partial charge in [0.25, 0.3) is 0 Å². The van der Waals surface area contributed by atoms with Gasteiger partial charge in [0.15, 0.2) is 0 Å². The molecular formula is C13H13FN2O2S. The summed E-state index contributed by atoms with van der Waals surface area (Å²) in [6, 6.07) is 5.90. The molecular weight excluding hydrogens is 267 g/mol. The number of aromatic nitrogens is 1. The number of hydrogen-bond acceptors (Lipinski definition) is 3. The molecule has 100 valence electrons. The monoisotopic (exact) mass is 280 g/mol. The van der Waals surface area contributed by atoms with Crippen LogP contribution in [0.1, 0.15) is 11.3 Å². The molecule has 0 bridgehead atoms. The summed E-state index contributed by atoms with van der Waals surface area (Å²) in [6.45, 7) is 2.11. The Morgan fingerprint density at radius 3 is 2.63 bits per heavy atom. The van der Waals surface area contributed by atoms with E-state index < -0.39 is 0 Å². The summed E-state index contributed by atoms with van der Waals surface area (Å²) in [5.41, 5.74) is 1.58. The van der Waals surface area contributed by atoms with Gasteiger partial charge >= 0.3 is 4.87 Å². The zero-order valence-electron chi connectivity index (χ0n) is 10.4. The molecule has 0 aliphatic rings. The maximum atomic E-state index is 12.7. The molecule has 0 atom stereocenters. The summed E-state index contributed by atoms with van der Waals surface area (Å²) >= 11 is 1.07. The predicted molar refractivity (Wildman–Crippen MR) is 71.6 cm³/mol. The number of benzene rings is 1. The Morgan fingerprint density at radius 2 is 2.05 bits per heavy atom. The van der Waals surface area contributed by atoms with Gasteiger partial charge in [-0.15, -0.1) is 0 Å². The van der Waals surface area contributed by atoms with Crippen LogP contribution in [0.5, 0.6) is 0 Å². The Labute approximate surface area is 113 Å². The highest BCUT2D eigenvalue weighted by Crippen LogP contribution is 2.02. The van der Waals surface area contributed by atoms with E-state index in [0.29, 0.717) is 6.54 Å². The van der Waals surface area contributed by atoms with Crippen LogP contribution in [0.3, 0.4) is 0 Å². The zero-order valence-corrected chi connectivity index (χ0v) is 11.2. The van der Waals surface area contributed by atoms with E-state index in [1.807, 2.05) is 0 Å². The number of aryl methyl sites for hydroxylation is 1. The van der Waals surface area contributed by atoms with Crippen molar-refractivity contribution in [1.29, 1.82) is 0 Å². The minimum atomic E-state index is -0.310. The van der Waals surface area contributed by atoms with Gasteiger partial charge in [-0.3, -0.25) is 14.2 Å². The second kappa shape index (κ2) is 5.79. The van der Waals surface area contributed by atoms with Gasteiger partial charge in [-0.05, 0) is 24.6 Å². The SMILES string of the molecule is Cc1csc(=O)n1CC(=O)NCc1ccc(F)cc1. The number of carbonyl (C=O) groups excluding carboxylic acids is 1. The van der Waals surface area contributed by atoms with E-state index in [0.717, 1.165) is 22.6 Å². The Hall–Kier alpha value is -1.95. The van der Waals surface area contributed by atoms with Gasteiger partial charge in [-0.2, -0.15) is 0 Å². The molecule has 1 aromatic carbocycles. The summed E-state index contributed by atoms with van der Waals surface area (Å²) in [6.07, 6.45) is 0. The molecule has 1 amide bonds. The van der Waals surface area contributed by atoms with Crippen LogP contribution >= 0.6 is 11.3 Å². The fourth-order valence-corrected chi connectivity index (χ4v) is 2.33. The van der Waals surface area contributed by atoms with Gasteiger partial charge in [0.05, 0.1) is 0 Å². The van der Waals surface area contributed by atoms with Gasteiger partial charge < -0.3 is 5.32 Å². The Morgan fingerprint density at radius 1 is 1.37 bits per heavy atom. The molecule has 0 unspecified atom stereocenters. The molecule has 6 heteroatoms. The van der Waals surface area contributed by atoms with Crippen molar-refractivity contribution in [2.75, 3.05) is 0 Å². The number of rotatable bonds is 4. The molecule has 0 saturated heterocycles. The third-order valence-electron chi connectivity index (χ3n) is 2.68. The number of halogens is 1. The molecule has 2 rings (SSSR count). The van der Waals surface area contributed by atoms with E-state index in [1.54, 1.807) is 24.4 Å². The Balaban J connectivity index is 1.92. The first-order chi connectivity index (χ1) is 9.06. The van der Waals surface area contributed by atoms with Crippen LogP contribution < -0.4 is 10.2 Å². The van der Waals surface area contributed by atoms with Crippen LogP contribution in [0.25, 0.3) is 0 Å². The number of hydrogen-bond donors (Lipinski definition) is 1. The highest BCUT2D eigenvalue weighted by atomic mass is 32.1. The molecule has 0 spiro atoms. The third kappa shape index (κ3) is 3.51. The molecule has 2 aromatic rings. The maximum Gasteiger partial charge on any atom is 0.307 e. The lowest BCUT2D eigenvalue weighted by Crippen LogP contribution is -2.30.